The topological polar surface area (TPSA) is 67.4 Å². The Morgan fingerprint density at radius 2 is 1.71 bits per heavy atom. The van der Waals surface area contributed by atoms with Gasteiger partial charge in [-0.15, -0.1) is 0 Å². The second-order valence-electron chi connectivity index (χ2n) is 8.89. The minimum absolute atomic E-state index is 0.317. The van der Waals surface area contributed by atoms with Crippen LogP contribution in [0.15, 0.2) is 90.1 Å². The molecule has 0 spiro atoms. The molecule has 3 aromatic carbocycles. The van der Waals surface area contributed by atoms with Crippen LogP contribution in [-0.2, 0) is 4.74 Å². The second kappa shape index (κ2) is 9.54. The summed E-state index contributed by atoms with van der Waals surface area (Å²) >= 11 is 6.01. The highest BCUT2D eigenvalue weighted by molar-refractivity contribution is 6.30. The first-order valence-electron chi connectivity index (χ1n) is 10.9. The Morgan fingerprint density at radius 1 is 1.00 bits per heavy atom. The molecule has 6 heteroatoms. The predicted octanol–water partition coefficient (Wildman–Crippen LogP) is 7.18. The number of halogens is 1. The second-order valence-corrected chi connectivity index (χ2v) is 9.33. The van der Waals surface area contributed by atoms with E-state index in [1.165, 1.54) is 4.57 Å². The Kier molecular flexibility index (Phi) is 6.54. The van der Waals surface area contributed by atoms with Gasteiger partial charge in [-0.05, 0) is 62.2 Å². The maximum Gasteiger partial charge on any atom is 0.418 e. The van der Waals surface area contributed by atoms with Crippen LogP contribution in [0.25, 0.3) is 10.9 Å². The van der Waals surface area contributed by atoms with Gasteiger partial charge >= 0.3 is 6.09 Å². The van der Waals surface area contributed by atoms with Crippen LogP contribution in [-0.4, -0.2) is 22.0 Å². The van der Waals surface area contributed by atoms with Crippen molar-refractivity contribution in [3.63, 3.8) is 0 Å². The highest BCUT2D eigenvalue weighted by Gasteiger charge is 2.20. The maximum atomic E-state index is 12.6. The highest BCUT2D eigenvalue weighted by Crippen LogP contribution is 2.30. The zero-order chi connectivity index (χ0) is 24.3. The number of aromatic nitrogens is 1. The van der Waals surface area contributed by atoms with Gasteiger partial charge < -0.3 is 4.74 Å². The summed E-state index contributed by atoms with van der Waals surface area (Å²) in [5, 5.41) is 11.3. The van der Waals surface area contributed by atoms with E-state index in [-0.39, 0.29) is 0 Å². The summed E-state index contributed by atoms with van der Waals surface area (Å²) in [6.45, 7) is 5.51. The van der Waals surface area contributed by atoms with Crippen molar-refractivity contribution in [1.29, 1.82) is 5.26 Å². The van der Waals surface area contributed by atoms with E-state index < -0.39 is 17.7 Å². The van der Waals surface area contributed by atoms with Crippen LogP contribution in [0.5, 0.6) is 0 Å². The van der Waals surface area contributed by atoms with Gasteiger partial charge in [-0.25, -0.2) is 4.79 Å². The quantitative estimate of drug-likeness (QED) is 0.297. The molecule has 0 saturated heterocycles. The van der Waals surface area contributed by atoms with Crippen LogP contribution in [0.1, 0.15) is 43.5 Å². The Hall–Kier alpha value is -3.88. The van der Waals surface area contributed by atoms with Crippen molar-refractivity contribution < 1.29 is 9.53 Å². The average molecular weight is 470 g/mol. The van der Waals surface area contributed by atoms with Crippen LogP contribution in [0, 0.1) is 11.3 Å². The van der Waals surface area contributed by atoms with Gasteiger partial charge in [0.25, 0.3) is 0 Å². The van der Waals surface area contributed by atoms with E-state index in [1.54, 1.807) is 30.5 Å². The maximum absolute atomic E-state index is 12.6. The van der Waals surface area contributed by atoms with E-state index in [9.17, 15) is 10.1 Å². The third-order valence-electron chi connectivity index (χ3n) is 5.22. The van der Waals surface area contributed by atoms with Crippen molar-refractivity contribution in [1.82, 2.24) is 4.57 Å². The van der Waals surface area contributed by atoms with E-state index in [0.29, 0.717) is 16.3 Å². The largest absolute Gasteiger partial charge is 0.443 e. The first kappa shape index (κ1) is 23.3. The normalized spacial score (nSPS) is 12.9. The minimum Gasteiger partial charge on any atom is -0.443 e. The van der Waals surface area contributed by atoms with Crippen LogP contribution < -0.4 is 0 Å². The highest BCUT2D eigenvalue weighted by atomic mass is 35.5. The van der Waals surface area contributed by atoms with Gasteiger partial charge in [-0.1, -0.05) is 60.1 Å². The van der Waals surface area contributed by atoms with E-state index in [0.717, 1.165) is 22.0 Å². The molecular weight excluding hydrogens is 446 g/mol. The molecule has 1 aromatic heterocycles. The Labute approximate surface area is 203 Å². The molecule has 1 heterocycles. The fourth-order valence-corrected chi connectivity index (χ4v) is 3.81. The first-order valence-corrected chi connectivity index (χ1v) is 11.3. The zero-order valence-electron chi connectivity index (χ0n) is 19.2. The number of carbonyl (C=O) groups excluding carboxylic acids is 1. The van der Waals surface area contributed by atoms with Crippen LogP contribution in [0.4, 0.5) is 4.79 Å². The molecule has 0 radical (unpaired) electrons. The molecule has 170 valence electrons. The van der Waals surface area contributed by atoms with Crippen molar-refractivity contribution in [2.75, 3.05) is 0 Å². The van der Waals surface area contributed by atoms with Crippen molar-refractivity contribution in [3.05, 3.63) is 107 Å². The lowest BCUT2D eigenvalue weighted by molar-refractivity contribution is 0.0544. The zero-order valence-corrected chi connectivity index (χ0v) is 20.0. The number of hydrogen-bond donors (Lipinski definition) is 0. The molecule has 0 N–H and O–H groups in total. The summed E-state index contributed by atoms with van der Waals surface area (Å²) in [5.41, 5.74) is 3.03. The smallest absolute Gasteiger partial charge is 0.418 e. The summed E-state index contributed by atoms with van der Waals surface area (Å²) in [6.07, 6.45) is 1.28. The van der Waals surface area contributed by atoms with E-state index in [1.807, 2.05) is 75.4 Å². The molecule has 1 atom stereocenters. The molecular formula is C28H24ClN3O2. The Bertz CT molecular complexity index is 1390. The third kappa shape index (κ3) is 5.19. The fraction of sp³-hybridized carbons (Fsp3) is 0.179. The summed E-state index contributed by atoms with van der Waals surface area (Å²) < 4.78 is 7.02. The van der Waals surface area contributed by atoms with Gasteiger partial charge in [-0.2, -0.15) is 5.26 Å². The number of hydrogen-bond acceptors (Lipinski definition) is 4. The van der Waals surface area contributed by atoms with Gasteiger partial charge in [-0.3, -0.25) is 9.56 Å². The number of nitriles is 1. The summed E-state index contributed by atoms with van der Waals surface area (Å²) in [6, 6.07) is 26.4. The van der Waals surface area contributed by atoms with Crippen molar-refractivity contribution in [2.45, 2.75) is 32.4 Å². The van der Waals surface area contributed by atoms with E-state index >= 15 is 0 Å². The monoisotopic (exact) mass is 469 g/mol. The summed E-state index contributed by atoms with van der Waals surface area (Å²) in [4.78, 5) is 17.5. The average Bonchev–Trinajstić information content (AvgIpc) is 3.24. The Morgan fingerprint density at radius 3 is 2.35 bits per heavy atom. The standard InChI is InChI=1S/C28H24ClN3O2/c1-28(2,3)34-27(33)32-16-15-21-17-22(11-14-25(21)32)26(20-7-5-4-6-8-20)31-24(18-30)19-9-12-23(29)13-10-19/h4-17,26H,1-3H3/t26-/m0/s1. The number of benzene rings is 3. The van der Waals surface area contributed by atoms with Crippen LogP contribution in [0.2, 0.25) is 5.02 Å². The molecule has 5 nitrogen and oxygen atoms in total. The fourth-order valence-electron chi connectivity index (χ4n) is 3.68. The summed E-state index contributed by atoms with van der Waals surface area (Å²) in [7, 11) is 0. The van der Waals surface area contributed by atoms with E-state index in [4.69, 9.17) is 21.3 Å². The molecule has 0 saturated carbocycles. The molecule has 34 heavy (non-hydrogen) atoms. The third-order valence-corrected chi connectivity index (χ3v) is 5.47. The number of carbonyl (C=O) groups is 1. The van der Waals surface area contributed by atoms with Crippen molar-refractivity contribution >= 4 is 34.3 Å². The molecule has 4 rings (SSSR count). The van der Waals surface area contributed by atoms with Crippen molar-refractivity contribution in [2.24, 2.45) is 4.99 Å². The molecule has 0 unspecified atom stereocenters. The number of rotatable bonds is 4. The van der Waals surface area contributed by atoms with Gasteiger partial charge in [0.1, 0.15) is 23.4 Å². The Balaban J connectivity index is 1.78. The van der Waals surface area contributed by atoms with Gasteiger partial charge in [0.15, 0.2) is 0 Å². The lowest BCUT2D eigenvalue weighted by Crippen LogP contribution is -2.26. The molecule has 0 bridgehead atoms. The molecule has 0 aliphatic rings. The van der Waals surface area contributed by atoms with Gasteiger partial charge in [0.05, 0.1) is 5.52 Å². The molecule has 0 amide bonds. The number of nitrogens with zero attached hydrogens (tertiary/aromatic N) is 3. The number of ether oxygens (including phenoxy) is 1. The molecule has 0 aliphatic heterocycles. The number of fused-ring (bicyclic) bond motifs is 1. The molecule has 0 fully saturated rings. The summed E-state index contributed by atoms with van der Waals surface area (Å²) in [5.74, 6) is 0. The predicted molar refractivity (Wildman–Crippen MR) is 135 cm³/mol. The van der Waals surface area contributed by atoms with Crippen LogP contribution >= 0.6 is 11.6 Å². The van der Waals surface area contributed by atoms with Crippen molar-refractivity contribution in [3.8, 4) is 6.07 Å². The van der Waals surface area contributed by atoms with E-state index in [2.05, 4.69) is 6.07 Å². The molecule has 0 aliphatic carbocycles. The first-order chi connectivity index (χ1) is 16.2. The lowest BCUT2D eigenvalue weighted by atomic mass is 9.97. The number of aliphatic imine (C=N–C) groups is 1. The van der Waals surface area contributed by atoms with Gasteiger partial charge in [0.2, 0.25) is 0 Å². The minimum atomic E-state index is -0.587. The SMILES string of the molecule is CC(C)(C)OC(=O)n1ccc2cc([C@@H](N=C(C#N)c3ccc(Cl)cc3)c3ccccc3)ccc21. The van der Waals surface area contributed by atoms with Crippen LogP contribution in [0.3, 0.4) is 0 Å². The van der Waals surface area contributed by atoms with Gasteiger partial charge in [0, 0.05) is 22.2 Å². The molecule has 4 aromatic rings. The lowest BCUT2D eigenvalue weighted by Gasteiger charge is -2.20.